The van der Waals surface area contributed by atoms with Crippen LogP contribution in [0, 0.1) is 0 Å². The molecule has 110 valence electrons. The lowest BCUT2D eigenvalue weighted by molar-refractivity contribution is 0.283. The van der Waals surface area contributed by atoms with Gasteiger partial charge >= 0.3 is 0 Å². The number of nitrogens with one attached hydrogen (secondary N) is 2. The van der Waals surface area contributed by atoms with Crippen LogP contribution in [0.2, 0.25) is 0 Å². The molecule has 0 spiro atoms. The zero-order valence-electron chi connectivity index (χ0n) is 11.7. The van der Waals surface area contributed by atoms with Gasteiger partial charge in [-0.15, -0.1) is 0 Å². The van der Waals surface area contributed by atoms with E-state index in [9.17, 15) is 8.42 Å². The Hall–Kier alpha value is -0.430. The summed E-state index contributed by atoms with van der Waals surface area (Å²) in [7, 11) is -1.63. The lowest BCUT2D eigenvalue weighted by atomic mass is 9.96. The average Bonchev–Trinajstić information content (AvgIpc) is 2.46. The minimum Gasteiger partial charge on any atom is -0.313 e. The van der Waals surface area contributed by atoms with Gasteiger partial charge in [0.25, 0.3) is 10.2 Å². The predicted molar refractivity (Wildman–Crippen MR) is 77.1 cm³/mol. The Bertz CT molecular complexity index is 414. The van der Waals surface area contributed by atoms with Crippen molar-refractivity contribution in [3.8, 4) is 0 Å². The van der Waals surface area contributed by atoms with Crippen LogP contribution < -0.4 is 10.0 Å². The Labute approximate surface area is 116 Å². The molecule has 0 amide bonds. The minimum absolute atomic E-state index is 0.174. The molecule has 6 heteroatoms. The third kappa shape index (κ3) is 4.27. The van der Waals surface area contributed by atoms with Gasteiger partial charge in [0.15, 0.2) is 0 Å². The summed E-state index contributed by atoms with van der Waals surface area (Å²) in [4.78, 5) is 0. The highest BCUT2D eigenvalue weighted by Gasteiger charge is 2.27. The second kappa shape index (κ2) is 6.83. The van der Waals surface area contributed by atoms with Gasteiger partial charge < -0.3 is 5.32 Å². The van der Waals surface area contributed by atoms with Crippen molar-refractivity contribution >= 4 is 10.2 Å². The second-order valence-corrected chi connectivity index (χ2v) is 7.27. The van der Waals surface area contributed by atoms with Gasteiger partial charge in [-0.2, -0.15) is 17.4 Å². The maximum atomic E-state index is 12.2. The molecule has 0 aromatic carbocycles. The first-order chi connectivity index (χ1) is 9.09. The van der Waals surface area contributed by atoms with Crippen molar-refractivity contribution in [1.29, 1.82) is 0 Å². The van der Waals surface area contributed by atoms with Crippen molar-refractivity contribution < 1.29 is 8.42 Å². The third-order valence-electron chi connectivity index (χ3n) is 4.11. The van der Waals surface area contributed by atoms with Gasteiger partial charge in [0.05, 0.1) is 0 Å². The molecule has 1 fully saturated rings. The van der Waals surface area contributed by atoms with Gasteiger partial charge in [-0.25, -0.2) is 0 Å². The highest BCUT2D eigenvalue weighted by molar-refractivity contribution is 7.87. The molecule has 0 aromatic heterocycles. The van der Waals surface area contributed by atoms with E-state index in [0.29, 0.717) is 6.54 Å². The van der Waals surface area contributed by atoms with Crippen molar-refractivity contribution in [2.45, 2.75) is 44.6 Å². The second-order valence-electron chi connectivity index (χ2n) is 5.45. The van der Waals surface area contributed by atoms with E-state index < -0.39 is 10.2 Å². The normalized spacial score (nSPS) is 22.5. The Morgan fingerprint density at radius 1 is 1.37 bits per heavy atom. The van der Waals surface area contributed by atoms with Crippen LogP contribution in [0.25, 0.3) is 0 Å². The minimum atomic E-state index is -3.34. The molecule has 2 rings (SSSR count). The Morgan fingerprint density at radius 3 is 2.74 bits per heavy atom. The standard InChI is InChI=1S/C13H25N3O2S/c1-16(13-5-3-2-4-6-13)19(17,18)15-11-12-7-9-14-10-8-12/h7,13-15H,2-6,8-11H2,1H3. The molecular formula is C13H25N3O2S. The topological polar surface area (TPSA) is 61.4 Å². The predicted octanol–water partition coefficient (Wildman–Crippen LogP) is 1.00. The van der Waals surface area contributed by atoms with Gasteiger partial charge in [-0.1, -0.05) is 30.9 Å². The number of nitrogens with zero attached hydrogens (tertiary/aromatic N) is 1. The fourth-order valence-corrected chi connectivity index (χ4v) is 3.93. The van der Waals surface area contributed by atoms with Crippen LogP contribution >= 0.6 is 0 Å². The van der Waals surface area contributed by atoms with Crippen molar-refractivity contribution in [2.24, 2.45) is 0 Å². The van der Waals surface area contributed by atoms with E-state index >= 15 is 0 Å². The summed E-state index contributed by atoms with van der Waals surface area (Å²) in [5, 5.41) is 3.22. The molecule has 1 aliphatic carbocycles. The fourth-order valence-electron chi connectivity index (χ4n) is 2.76. The van der Waals surface area contributed by atoms with Gasteiger partial charge in [0.2, 0.25) is 0 Å². The first kappa shape index (κ1) is 15.0. The molecule has 19 heavy (non-hydrogen) atoms. The summed E-state index contributed by atoms with van der Waals surface area (Å²) in [5.74, 6) is 0. The monoisotopic (exact) mass is 287 g/mol. The largest absolute Gasteiger partial charge is 0.313 e. The Morgan fingerprint density at radius 2 is 2.11 bits per heavy atom. The van der Waals surface area contributed by atoms with Crippen LogP contribution in [0.4, 0.5) is 0 Å². The van der Waals surface area contributed by atoms with Crippen molar-refractivity contribution in [2.75, 3.05) is 26.7 Å². The van der Waals surface area contributed by atoms with Gasteiger partial charge in [0, 0.05) is 26.2 Å². The van der Waals surface area contributed by atoms with Gasteiger partial charge in [-0.05, 0) is 25.8 Å². The summed E-state index contributed by atoms with van der Waals surface area (Å²) in [5.41, 5.74) is 1.18. The Balaban J connectivity index is 1.87. The van der Waals surface area contributed by atoms with E-state index in [1.54, 1.807) is 7.05 Å². The Kier molecular flexibility index (Phi) is 5.38. The number of rotatable bonds is 5. The molecule has 0 saturated heterocycles. The first-order valence-corrected chi connectivity index (χ1v) is 8.65. The summed E-state index contributed by atoms with van der Waals surface area (Å²) in [6, 6.07) is 0.174. The SMILES string of the molecule is CN(C1CCCCC1)S(=O)(=O)NCC1=CCNCC1. The van der Waals surface area contributed by atoms with E-state index in [-0.39, 0.29) is 6.04 Å². The van der Waals surface area contributed by atoms with Crippen LogP contribution in [0.1, 0.15) is 38.5 Å². The summed E-state index contributed by atoms with van der Waals surface area (Å²) >= 11 is 0. The van der Waals surface area contributed by atoms with E-state index in [0.717, 1.165) is 45.2 Å². The van der Waals surface area contributed by atoms with E-state index in [1.165, 1.54) is 16.3 Å². The molecule has 0 aromatic rings. The maximum absolute atomic E-state index is 12.2. The molecule has 1 saturated carbocycles. The van der Waals surface area contributed by atoms with E-state index in [2.05, 4.69) is 16.1 Å². The van der Waals surface area contributed by atoms with E-state index in [4.69, 9.17) is 0 Å². The molecule has 0 radical (unpaired) electrons. The third-order valence-corrected chi connectivity index (χ3v) is 5.67. The molecule has 1 heterocycles. The van der Waals surface area contributed by atoms with Crippen molar-refractivity contribution in [1.82, 2.24) is 14.3 Å². The molecule has 2 N–H and O–H groups in total. The molecule has 0 unspecified atom stereocenters. The average molecular weight is 287 g/mol. The van der Waals surface area contributed by atoms with Gasteiger partial charge in [-0.3, -0.25) is 0 Å². The van der Waals surface area contributed by atoms with Crippen LogP contribution in [-0.2, 0) is 10.2 Å². The molecule has 2 aliphatic rings. The van der Waals surface area contributed by atoms with Crippen molar-refractivity contribution in [3.63, 3.8) is 0 Å². The highest BCUT2D eigenvalue weighted by atomic mass is 32.2. The quantitative estimate of drug-likeness (QED) is 0.742. The number of hydrogen-bond acceptors (Lipinski definition) is 3. The molecular weight excluding hydrogens is 262 g/mol. The maximum Gasteiger partial charge on any atom is 0.279 e. The summed E-state index contributed by atoms with van der Waals surface area (Å²) < 4.78 is 28.8. The zero-order chi connectivity index (χ0) is 13.7. The zero-order valence-corrected chi connectivity index (χ0v) is 12.5. The smallest absolute Gasteiger partial charge is 0.279 e. The summed E-state index contributed by atoms with van der Waals surface area (Å²) in [6.45, 7) is 2.22. The lowest BCUT2D eigenvalue weighted by Crippen LogP contribution is -2.45. The summed E-state index contributed by atoms with van der Waals surface area (Å²) in [6.07, 6.45) is 8.50. The molecule has 1 aliphatic heterocycles. The van der Waals surface area contributed by atoms with Gasteiger partial charge in [0.1, 0.15) is 0 Å². The number of hydrogen-bond donors (Lipinski definition) is 2. The molecule has 0 atom stereocenters. The van der Waals surface area contributed by atoms with Crippen LogP contribution in [0.3, 0.4) is 0 Å². The first-order valence-electron chi connectivity index (χ1n) is 7.21. The molecule has 5 nitrogen and oxygen atoms in total. The van der Waals surface area contributed by atoms with Crippen LogP contribution in [0.15, 0.2) is 11.6 Å². The van der Waals surface area contributed by atoms with Crippen molar-refractivity contribution in [3.05, 3.63) is 11.6 Å². The fraction of sp³-hybridized carbons (Fsp3) is 0.846. The van der Waals surface area contributed by atoms with E-state index in [1.807, 2.05) is 0 Å². The highest BCUT2D eigenvalue weighted by Crippen LogP contribution is 2.23. The van der Waals surface area contributed by atoms with Crippen LogP contribution in [0.5, 0.6) is 0 Å². The molecule has 0 bridgehead atoms. The lowest BCUT2D eigenvalue weighted by Gasteiger charge is -2.30. The van der Waals surface area contributed by atoms with Crippen LogP contribution in [-0.4, -0.2) is 45.4 Å².